The molecule has 2 rings (SSSR count). The van der Waals surface area contributed by atoms with E-state index in [0.717, 1.165) is 6.19 Å². The molecule has 2 atom stereocenters. The van der Waals surface area contributed by atoms with Gasteiger partial charge in [-0.25, -0.2) is 0 Å². The number of methoxy groups -OCH3 is 1. The SMILES string of the molecule is COc1ccc(C2CN([B]C=O)CC(C)C2=O)nn1. The molecule has 0 N–H and O–H groups in total. The fourth-order valence-corrected chi connectivity index (χ4v) is 2.26. The lowest BCUT2D eigenvalue weighted by molar-refractivity contribution is -0.126. The van der Waals surface area contributed by atoms with Crippen LogP contribution in [0.25, 0.3) is 0 Å². The molecule has 1 aliphatic heterocycles. The van der Waals surface area contributed by atoms with Crippen molar-refractivity contribution >= 4 is 19.4 Å². The van der Waals surface area contributed by atoms with E-state index in [1.807, 2.05) is 11.7 Å². The maximum atomic E-state index is 12.2. The lowest BCUT2D eigenvalue weighted by Crippen LogP contribution is -2.47. The number of piperidine rings is 1. The summed E-state index contributed by atoms with van der Waals surface area (Å²) < 4.78 is 4.94. The molecule has 0 spiro atoms. The summed E-state index contributed by atoms with van der Waals surface area (Å²) >= 11 is 0. The van der Waals surface area contributed by atoms with E-state index in [9.17, 15) is 9.59 Å². The highest BCUT2D eigenvalue weighted by molar-refractivity contribution is 6.64. The molecule has 1 fully saturated rings. The van der Waals surface area contributed by atoms with E-state index < -0.39 is 0 Å². The highest BCUT2D eigenvalue weighted by Crippen LogP contribution is 2.25. The van der Waals surface area contributed by atoms with Gasteiger partial charge in [-0.05, 0) is 12.6 Å². The zero-order valence-electron chi connectivity index (χ0n) is 10.9. The first-order chi connectivity index (χ1) is 9.15. The highest BCUT2D eigenvalue weighted by Gasteiger charge is 2.34. The van der Waals surface area contributed by atoms with Crippen molar-refractivity contribution in [3.63, 3.8) is 0 Å². The first-order valence-electron chi connectivity index (χ1n) is 6.09. The zero-order chi connectivity index (χ0) is 13.8. The predicted octanol–water partition coefficient (Wildman–Crippen LogP) is -0.101. The van der Waals surface area contributed by atoms with Gasteiger partial charge in [0.2, 0.25) is 5.88 Å². The number of hydrogen-bond donors (Lipinski definition) is 0. The van der Waals surface area contributed by atoms with E-state index in [0.29, 0.717) is 24.7 Å². The number of nitrogens with zero attached hydrogens (tertiary/aromatic N) is 3. The third kappa shape index (κ3) is 2.98. The van der Waals surface area contributed by atoms with E-state index in [1.165, 1.54) is 14.5 Å². The predicted molar refractivity (Wildman–Crippen MR) is 69.6 cm³/mol. The summed E-state index contributed by atoms with van der Waals surface area (Å²) in [7, 11) is 2.98. The molecule has 0 saturated carbocycles. The van der Waals surface area contributed by atoms with Gasteiger partial charge in [-0.3, -0.25) is 4.79 Å². The molecule has 0 bridgehead atoms. The Hall–Kier alpha value is -1.76. The molecular formula is C12H15BN3O3. The number of rotatable bonds is 4. The Morgan fingerprint density at radius 3 is 2.79 bits per heavy atom. The van der Waals surface area contributed by atoms with Gasteiger partial charge in [0.1, 0.15) is 5.78 Å². The maximum Gasteiger partial charge on any atom is 0.293 e. The van der Waals surface area contributed by atoms with Gasteiger partial charge in [-0.15, -0.1) is 5.10 Å². The second kappa shape index (κ2) is 5.92. The van der Waals surface area contributed by atoms with Crippen LogP contribution in [0.15, 0.2) is 12.1 Å². The third-order valence-electron chi connectivity index (χ3n) is 3.25. The summed E-state index contributed by atoms with van der Waals surface area (Å²) in [5.74, 6) is 0.0728. The van der Waals surface area contributed by atoms with Crippen LogP contribution in [0.1, 0.15) is 18.5 Å². The summed E-state index contributed by atoms with van der Waals surface area (Å²) in [5, 5.41) is 7.91. The van der Waals surface area contributed by atoms with Crippen LogP contribution in [-0.4, -0.2) is 54.6 Å². The van der Waals surface area contributed by atoms with Crippen LogP contribution in [0.5, 0.6) is 5.88 Å². The third-order valence-corrected chi connectivity index (χ3v) is 3.25. The average molecular weight is 260 g/mol. The van der Waals surface area contributed by atoms with Crippen molar-refractivity contribution in [2.75, 3.05) is 20.2 Å². The molecule has 0 amide bonds. The van der Waals surface area contributed by atoms with E-state index in [1.54, 1.807) is 12.1 Å². The highest BCUT2D eigenvalue weighted by atomic mass is 16.5. The molecule has 2 heterocycles. The number of carbonyl (C=O) groups excluding carboxylic acids is 2. The van der Waals surface area contributed by atoms with Gasteiger partial charge in [0.05, 0.1) is 24.9 Å². The number of ether oxygens (including phenoxy) is 1. The molecule has 6 nitrogen and oxygen atoms in total. The van der Waals surface area contributed by atoms with Crippen LogP contribution in [0.3, 0.4) is 0 Å². The van der Waals surface area contributed by atoms with Crippen LogP contribution in [-0.2, 0) is 9.59 Å². The first kappa shape index (κ1) is 13.7. The van der Waals surface area contributed by atoms with E-state index in [4.69, 9.17) is 4.74 Å². The van der Waals surface area contributed by atoms with Crippen LogP contribution in [0, 0.1) is 5.92 Å². The number of ketones is 1. The van der Waals surface area contributed by atoms with Crippen molar-refractivity contribution in [3.05, 3.63) is 17.8 Å². The molecule has 7 heteroatoms. The minimum atomic E-state index is -0.349. The Balaban J connectivity index is 2.19. The van der Waals surface area contributed by atoms with Gasteiger partial charge in [0, 0.05) is 18.5 Å². The molecule has 1 aromatic rings. The first-order valence-corrected chi connectivity index (χ1v) is 6.09. The van der Waals surface area contributed by atoms with Crippen molar-refractivity contribution in [1.29, 1.82) is 0 Å². The van der Waals surface area contributed by atoms with Gasteiger partial charge < -0.3 is 14.3 Å². The molecule has 99 valence electrons. The van der Waals surface area contributed by atoms with Gasteiger partial charge >= 0.3 is 0 Å². The topological polar surface area (TPSA) is 72.4 Å². The number of hydrogen-bond acceptors (Lipinski definition) is 6. The molecule has 19 heavy (non-hydrogen) atoms. The van der Waals surface area contributed by atoms with Crippen LogP contribution >= 0.6 is 0 Å². The number of Topliss-reactive ketones (excluding diaryl/α,β-unsaturated/α-hetero) is 1. The fourth-order valence-electron chi connectivity index (χ4n) is 2.26. The zero-order valence-corrected chi connectivity index (χ0v) is 10.9. The largest absolute Gasteiger partial charge is 0.480 e. The number of carbonyl (C=O) groups is 2. The van der Waals surface area contributed by atoms with E-state index in [2.05, 4.69) is 10.2 Å². The van der Waals surface area contributed by atoms with Gasteiger partial charge in [-0.2, -0.15) is 5.10 Å². The molecule has 0 aliphatic carbocycles. The molecule has 2 unspecified atom stereocenters. The Kier molecular flexibility index (Phi) is 4.26. The smallest absolute Gasteiger partial charge is 0.293 e. The summed E-state index contributed by atoms with van der Waals surface area (Å²) in [5.41, 5.74) is 0.613. The summed E-state index contributed by atoms with van der Waals surface area (Å²) in [6.07, 6.45) is 0.735. The van der Waals surface area contributed by atoms with Crippen molar-refractivity contribution in [2.45, 2.75) is 12.8 Å². The van der Waals surface area contributed by atoms with E-state index in [-0.39, 0.29) is 17.6 Å². The molecule has 1 radical (unpaired) electrons. The van der Waals surface area contributed by atoms with Crippen molar-refractivity contribution in [2.24, 2.45) is 5.92 Å². The lowest BCUT2D eigenvalue weighted by atomic mass is 9.80. The standard InChI is InChI=1S/C12H15BN3O3/c1-8-5-16(13-7-17)6-9(12(8)18)10-3-4-11(19-2)15-14-10/h3-4,7-9H,5-6H2,1-2H3. The van der Waals surface area contributed by atoms with Gasteiger partial charge in [0.25, 0.3) is 7.41 Å². The molecule has 0 aromatic carbocycles. The Labute approximate surface area is 112 Å². The summed E-state index contributed by atoms with van der Waals surface area (Å²) in [4.78, 5) is 24.6. The van der Waals surface area contributed by atoms with Crippen molar-refractivity contribution < 1.29 is 14.3 Å². The summed E-state index contributed by atoms with van der Waals surface area (Å²) in [6.45, 7) is 2.89. The minimum Gasteiger partial charge on any atom is -0.480 e. The molecular weight excluding hydrogens is 245 g/mol. The molecule has 1 aromatic heterocycles. The second-order valence-electron chi connectivity index (χ2n) is 4.60. The van der Waals surface area contributed by atoms with Gasteiger partial charge in [-0.1, -0.05) is 6.92 Å². The lowest BCUT2D eigenvalue weighted by Gasteiger charge is -2.33. The normalized spacial score (nSPS) is 24.0. The van der Waals surface area contributed by atoms with Crippen LogP contribution < -0.4 is 4.74 Å². The Morgan fingerprint density at radius 1 is 1.42 bits per heavy atom. The van der Waals surface area contributed by atoms with Crippen molar-refractivity contribution in [1.82, 2.24) is 15.0 Å². The number of aromatic nitrogens is 2. The monoisotopic (exact) mass is 260 g/mol. The quantitative estimate of drug-likeness (QED) is 0.556. The molecule has 1 aliphatic rings. The fraction of sp³-hybridized carbons (Fsp3) is 0.500. The van der Waals surface area contributed by atoms with Gasteiger partial charge in [0.15, 0.2) is 0 Å². The van der Waals surface area contributed by atoms with E-state index >= 15 is 0 Å². The Morgan fingerprint density at radius 2 is 2.21 bits per heavy atom. The minimum absolute atomic E-state index is 0.126. The summed E-state index contributed by atoms with van der Waals surface area (Å²) in [6, 6.07) is 3.42. The average Bonchev–Trinajstić information content (AvgIpc) is 2.43. The van der Waals surface area contributed by atoms with Crippen molar-refractivity contribution in [3.8, 4) is 5.88 Å². The molecule has 1 saturated heterocycles. The van der Waals surface area contributed by atoms with Crippen LogP contribution in [0.2, 0.25) is 0 Å². The maximum absolute atomic E-state index is 12.2. The Bertz CT molecular complexity index is 466. The second-order valence-corrected chi connectivity index (χ2v) is 4.60. The van der Waals surface area contributed by atoms with Crippen LogP contribution in [0.4, 0.5) is 0 Å².